The van der Waals surface area contributed by atoms with E-state index in [4.69, 9.17) is 23.4 Å². The van der Waals surface area contributed by atoms with Crippen molar-refractivity contribution < 1.29 is 133 Å². The summed E-state index contributed by atoms with van der Waals surface area (Å²) in [6.45, 7) is 8.90. The first-order chi connectivity index (χ1) is 38.9. The molecule has 4 aromatic carbocycles. The third-order valence-corrected chi connectivity index (χ3v) is 13.0. The summed E-state index contributed by atoms with van der Waals surface area (Å²) in [5.41, 5.74) is -19.2. The van der Waals surface area contributed by atoms with Crippen LogP contribution in [-0.4, -0.2) is 44.3 Å². The molecule has 85 heavy (non-hydrogen) atoms. The highest BCUT2D eigenvalue weighted by atomic mass is 19.4. The lowest BCUT2D eigenvalue weighted by molar-refractivity contribution is -1.05. The largest absolute Gasteiger partial charge is 0.864 e. The Morgan fingerprint density at radius 2 is 0.776 bits per heavy atom. The molecule has 0 aliphatic heterocycles. The molecule has 480 valence electrons. The van der Waals surface area contributed by atoms with E-state index >= 15 is 13.2 Å². The lowest BCUT2D eigenvalue weighted by Crippen LogP contribution is -2.70. The Morgan fingerprint density at radius 1 is 0.412 bits per heavy atom. The summed E-state index contributed by atoms with van der Waals surface area (Å²) in [7, 11) is -3.38. The van der Waals surface area contributed by atoms with Crippen molar-refractivity contribution in [1.29, 1.82) is 0 Å². The van der Waals surface area contributed by atoms with Gasteiger partial charge < -0.3 is 23.4 Å². The standard InChI is InChI=1S/C46H55BF18NO5.C8H3F6/c1-7-13-15-17-19-66(20-18-16-14-8-2,38(9-3)67-11-5)40(10-4,68-12-6)39-36(46(63,64)65)27-33(45(60,61)62)28-37(39)71-47(69-34-23-29(41(48,49)50)21-30(24-34)42(51,52)53)70-35-25-31(43(54,55)56)22-32(26-35)44(57,58)59;9-7(10,11)5-2-1-3-6(4-5)8(12,13)14/h21-28,38H,7-20H2,1-6H3;2-4H/q+1;-1. The fourth-order valence-electron chi connectivity index (χ4n) is 9.38. The molecule has 0 fully saturated rings. The molecule has 0 N–H and O–H groups in total. The van der Waals surface area contributed by atoms with Crippen molar-refractivity contribution in [3.63, 3.8) is 0 Å². The molecule has 0 radical (unpaired) electrons. The van der Waals surface area contributed by atoms with Crippen LogP contribution in [0.5, 0.6) is 17.2 Å². The molecule has 2 atom stereocenters. The molecule has 6 nitrogen and oxygen atoms in total. The van der Waals surface area contributed by atoms with Gasteiger partial charge in [-0.3, -0.25) is 4.48 Å². The minimum atomic E-state index is -5.80. The molecular formula is C54H58BF24NO5. The first-order valence-electron chi connectivity index (χ1n) is 26.1. The maximum atomic E-state index is 15.9. The molecule has 0 aliphatic rings. The van der Waals surface area contributed by atoms with Crippen LogP contribution in [0.3, 0.4) is 0 Å². The number of nitrogens with zero attached hydrogens (tertiary/aromatic N) is 1. The minimum Gasteiger partial charge on any atom is -0.490 e. The number of hydrogen-bond donors (Lipinski definition) is 0. The smallest absolute Gasteiger partial charge is 0.490 e. The number of halogens is 24. The Labute approximate surface area is 473 Å². The topological polar surface area (TPSA) is 46.2 Å². The molecule has 0 saturated carbocycles. The van der Waals surface area contributed by atoms with E-state index in [0.717, 1.165) is 0 Å². The van der Waals surface area contributed by atoms with Gasteiger partial charge in [0.15, 0.2) is 6.23 Å². The molecule has 2 unspecified atom stereocenters. The van der Waals surface area contributed by atoms with Gasteiger partial charge in [-0.1, -0.05) is 64.5 Å². The second-order valence-electron chi connectivity index (χ2n) is 19.0. The highest BCUT2D eigenvalue weighted by molar-refractivity contribution is 6.39. The Balaban J connectivity index is 0.00000118. The normalized spacial score (nSPS) is 14.3. The number of rotatable bonds is 25. The molecule has 0 aromatic heterocycles. The zero-order valence-corrected chi connectivity index (χ0v) is 46.0. The Morgan fingerprint density at radius 3 is 1.08 bits per heavy atom. The predicted molar refractivity (Wildman–Crippen MR) is 260 cm³/mol. The van der Waals surface area contributed by atoms with Gasteiger partial charge in [-0.25, -0.2) is 0 Å². The lowest BCUT2D eigenvalue weighted by Gasteiger charge is -2.56. The fourth-order valence-corrected chi connectivity index (χ4v) is 9.38. The summed E-state index contributed by atoms with van der Waals surface area (Å²) in [4.78, 5) is 0. The van der Waals surface area contributed by atoms with Crippen LogP contribution in [0.1, 0.15) is 156 Å². The predicted octanol–water partition coefficient (Wildman–Crippen LogP) is 20.2. The van der Waals surface area contributed by atoms with Gasteiger partial charge in [-0.15, -0.1) is 6.07 Å². The SMILES string of the molecule is CCCCCC[N+](CCCCCC)(C(CC)OCC)C(CC)(OCC)c1c(OB(Oc2cc(C(F)(F)F)cc(C(F)(F)F)c2)Oc2cc(C(F)(F)F)cc(C(F)(F)F)c2)cc(C(F)(F)F)cc1C(F)(F)F.FC(F)(F)c1c[c-]cc(C(F)(F)F)c1. The zero-order valence-electron chi connectivity index (χ0n) is 46.0. The summed E-state index contributed by atoms with van der Waals surface area (Å²) in [6.07, 6.45) is -41.2. The molecular weight excluding hydrogens is 1210 g/mol. The molecule has 0 heterocycles. The second kappa shape index (κ2) is 29.0. The van der Waals surface area contributed by atoms with Crippen molar-refractivity contribution in [1.82, 2.24) is 0 Å². The summed E-state index contributed by atoms with van der Waals surface area (Å²) in [6, 6.07) is 1.01. The van der Waals surface area contributed by atoms with Crippen LogP contribution in [0.25, 0.3) is 0 Å². The highest BCUT2D eigenvalue weighted by Gasteiger charge is 2.61. The number of quaternary nitrogens is 1. The van der Waals surface area contributed by atoms with E-state index in [1.165, 1.54) is 13.8 Å². The Bertz CT molecular complexity index is 2550. The summed E-state index contributed by atoms with van der Waals surface area (Å²) in [5.74, 6) is -4.82. The van der Waals surface area contributed by atoms with E-state index in [1.54, 1.807) is 19.9 Å². The van der Waals surface area contributed by atoms with Crippen molar-refractivity contribution in [3.8, 4) is 17.2 Å². The van der Waals surface area contributed by atoms with Gasteiger partial charge in [0.05, 0.1) is 65.2 Å². The Kier molecular flexibility index (Phi) is 25.2. The number of benzene rings is 4. The maximum Gasteiger partial charge on any atom is 0.864 e. The van der Waals surface area contributed by atoms with Gasteiger partial charge in [0.2, 0.25) is 5.72 Å². The maximum absolute atomic E-state index is 15.9. The summed E-state index contributed by atoms with van der Waals surface area (Å²) < 4.78 is 361. The van der Waals surface area contributed by atoms with Gasteiger partial charge in [0, 0.05) is 12.8 Å². The molecule has 4 aromatic rings. The van der Waals surface area contributed by atoms with Crippen LogP contribution < -0.4 is 14.0 Å². The third kappa shape index (κ3) is 20.0. The zero-order chi connectivity index (χ0) is 65.0. The van der Waals surface area contributed by atoms with Gasteiger partial charge in [0.25, 0.3) is 0 Å². The fraction of sp³-hybridized carbons (Fsp3) is 0.556. The molecule has 31 heteroatoms. The van der Waals surface area contributed by atoms with E-state index in [9.17, 15) is 92.2 Å². The third-order valence-electron chi connectivity index (χ3n) is 13.0. The molecule has 0 amide bonds. The average molecular weight is 1270 g/mol. The van der Waals surface area contributed by atoms with Crippen molar-refractivity contribution >= 4 is 7.32 Å². The van der Waals surface area contributed by atoms with Crippen molar-refractivity contribution in [2.24, 2.45) is 0 Å². The molecule has 0 aliphatic carbocycles. The minimum absolute atomic E-state index is 0.0331. The van der Waals surface area contributed by atoms with E-state index in [2.05, 4.69) is 0 Å². The van der Waals surface area contributed by atoms with Crippen LogP contribution in [0, 0.1) is 6.07 Å². The summed E-state index contributed by atoms with van der Waals surface area (Å²) >= 11 is 0. The first-order valence-corrected chi connectivity index (χ1v) is 26.1. The van der Waals surface area contributed by atoms with Crippen molar-refractivity contribution in [2.75, 3.05) is 26.3 Å². The number of alkyl halides is 24. The van der Waals surface area contributed by atoms with E-state index < -0.39 is 166 Å². The van der Waals surface area contributed by atoms with Gasteiger partial charge >= 0.3 is 56.7 Å². The Hall–Kier alpha value is -5.46. The quantitative estimate of drug-likeness (QED) is 0.0165. The molecule has 0 spiro atoms. The van der Waals surface area contributed by atoms with Gasteiger partial charge in [0.1, 0.15) is 17.2 Å². The van der Waals surface area contributed by atoms with Gasteiger partial charge in [-0.05, 0) is 88.1 Å². The van der Waals surface area contributed by atoms with E-state index in [0.29, 0.717) is 50.7 Å². The molecule has 0 saturated heterocycles. The second-order valence-corrected chi connectivity index (χ2v) is 19.0. The van der Waals surface area contributed by atoms with Crippen molar-refractivity contribution in [3.05, 3.63) is 123 Å². The number of ether oxygens (including phenoxy) is 2. The summed E-state index contributed by atoms with van der Waals surface area (Å²) in [5, 5.41) is 0. The van der Waals surface area contributed by atoms with Crippen LogP contribution in [0.4, 0.5) is 105 Å². The molecule has 0 bridgehead atoms. The van der Waals surface area contributed by atoms with Crippen molar-refractivity contribution in [2.45, 2.75) is 167 Å². The van der Waals surface area contributed by atoms with Crippen LogP contribution in [0.2, 0.25) is 0 Å². The van der Waals surface area contributed by atoms with Crippen LogP contribution >= 0.6 is 0 Å². The molecule has 4 rings (SSSR count). The van der Waals surface area contributed by atoms with Crippen LogP contribution in [-0.2, 0) is 64.6 Å². The lowest BCUT2D eigenvalue weighted by atomic mass is 9.85. The first kappa shape index (κ1) is 73.8. The van der Waals surface area contributed by atoms with E-state index in [-0.39, 0.29) is 81.4 Å². The van der Waals surface area contributed by atoms with Crippen LogP contribution in [0.15, 0.2) is 66.7 Å². The highest BCUT2D eigenvalue weighted by Crippen LogP contribution is 2.54. The monoisotopic (exact) mass is 1270 g/mol. The number of unbranched alkanes of at least 4 members (excludes halogenated alkanes) is 6. The number of hydrogen-bond acceptors (Lipinski definition) is 5. The van der Waals surface area contributed by atoms with E-state index in [1.807, 2.05) is 13.8 Å². The van der Waals surface area contributed by atoms with Gasteiger partial charge in [-0.2, -0.15) is 124 Å². The average Bonchev–Trinajstić information content (AvgIpc) is 1.71.